The van der Waals surface area contributed by atoms with E-state index in [0.29, 0.717) is 11.5 Å². The summed E-state index contributed by atoms with van der Waals surface area (Å²) in [6.07, 6.45) is 1.81. The van der Waals surface area contributed by atoms with E-state index in [4.69, 9.17) is 9.47 Å². The normalized spacial score (nSPS) is 15.1. The van der Waals surface area contributed by atoms with Crippen LogP contribution in [0.5, 0.6) is 5.75 Å². The molecule has 1 aliphatic rings. The van der Waals surface area contributed by atoms with Crippen molar-refractivity contribution in [2.24, 2.45) is 0 Å². The van der Waals surface area contributed by atoms with Gasteiger partial charge in [0.25, 0.3) is 0 Å². The van der Waals surface area contributed by atoms with Gasteiger partial charge in [-0.3, -0.25) is 0 Å². The van der Waals surface area contributed by atoms with Crippen molar-refractivity contribution in [1.82, 2.24) is 0 Å². The number of allylic oxidation sites excluding steroid dienone is 1. The first kappa shape index (κ1) is 10.2. The van der Waals surface area contributed by atoms with Crippen molar-refractivity contribution < 1.29 is 14.3 Å². The first-order valence-electron chi connectivity index (χ1n) is 4.74. The fourth-order valence-electron chi connectivity index (χ4n) is 1.62. The Morgan fingerprint density at radius 1 is 1.67 bits per heavy atom. The fraction of sp³-hybridized carbons (Fsp3) is 0.364. The highest BCUT2D eigenvalue weighted by molar-refractivity contribution is 7.12. The Hall–Kier alpha value is -1.29. The van der Waals surface area contributed by atoms with Crippen molar-refractivity contribution in [1.29, 1.82) is 0 Å². The summed E-state index contributed by atoms with van der Waals surface area (Å²) in [6.45, 7) is 4.67. The molecule has 0 radical (unpaired) electrons. The van der Waals surface area contributed by atoms with Gasteiger partial charge in [-0.1, -0.05) is 6.58 Å². The largest absolute Gasteiger partial charge is 0.492 e. The molecule has 0 saturated heterocycles. The number of ether oxygens (including phenoxy) is 2. The molecule has 0 fully saturated rings. The van der Waals surface area contributed by atoms with Crippen molar-refractivity contribution in [3.05, 3.63) is 22.4 Å². The number of esters is 1. The zero-order valence-electron chi connectivity index (χ0n) is 8.54. The first-order chi connectivity index (χ1) is 7.24. The van der Waals surface area contributed by atoms with Gasteiger partial charge in [0, 0.05) is 10.9 Å². The van der Waals surface area contributed by atoms with E-state index < -0.39 is 0 Å². The van der Waals surface area contributed by atoms with E-state index in [9.17, 15) is 4.79 Å². The van der Waals surface area contributed by atoms with Gasteiger partial charge in [0.05, 0.1) is 13.7 Å². The van der Waals surface area contributed by atoms with E-state index in [1.165, 1.54) is 18.4 Å². The van der Waals surface area contributed by atoms with Crippen LogP contribution in [0.25, 0.3) is 5.57 Å². The lowest BCUT2D eigenvalue weighted by atomic mass is 10.0. The third-order valence-electron chi connectivity index (χ3n) is 2.36. The van der Waals surface area contributed by atoms with Gasteiger partial charge in [0.2, 0.25) is 0 Å². The van der Waals surface area contributed by atoms with Crippen molar-refractivity contribution in [3.63, 3.8) is 0 Å². The molecule has 0 spiro atoms. The number of thiophene rings is 1. The van der Waals surface area contributed by atoms with Crippen LogP contribution in [0.3, 0.4) is 0 Å². The smallest absolute Gasteiger partial charge is 0.348 e. The van der Waals surface area contributed by atoms with Crippen LogP contribution >= 0.6 is 11.3 Å². The van der Waals surface area contributed by atoms with Crippen molar-refractivity contribution in [3.8, 4) is 5.75 Å². The summed E-state index contributed by atoms with van der Waals surface area (Å²) in [4.78, 5) is 12.1. The van der Waals surface area contributed by atoms with Crippen molar-refractivity contribution in [2.45, 2.75) is 12.8 Å². The van der Waals surface area contributed by atoms with E-state index in [1.807, 2.05) is 5.38 Å². The summed E-state index contributed by atoms with van der Waals surface area (Å²) in [5.41, 5.74) is 1.80. The molecule has 15 heavy (non-hydrogen) atoms. The topological polar surface area (TPSA) is 35.5 Å². The third-order valence-corrected chi connectivity index (χ3v) is 3.30. The molecule has 4 heteroatoms. The standard InChI is InChI=1S/C11H12O3S/c1-7-4-3-5-14-8-6-15-10(9(7)8)11(12)13-2/h6H,1,3-5H2,2H3. The molecule has 2 heterocycles. The van der Waals surface area contributed by atoms with Gasteiger partial charge in [0.1, 0.15) is 10.6 Å². The minimum absolute atomic E-state index is 0.312. The van der Waals surface area contributed by atoms with Crippen LogP contribution < -0.4 is 4.74 Å². The minimum Gasteiger partial charge on any atom is -0.492 e. The molecule has 1 aromatic heterocycles. The number of fused-ring (bicyclic) bond motifs is 1. The van der Waals surface area contributed by atoms with E-state index in [1.54, 1.807) is 0 Å². The van der Waals surface area contributed by atoms with Gasteiger partial charge in [-0.05, 0) is 18.4 Å². The summed E-state index contributed by atoms with van der Waals surface area (Å²) in [6, 6.07) is 0. The van der Waals surface area contributed by atoms with E-state index in [0.717, 1.165) is 29.7 Å². The second-order valence-corrected chi connectivity index (χ2v) is 4.23. The maximum Gasteiger partial charge on any atom is 0.348 e. The first-order valence-corrected chi connectivity index (χ1v) is 5.62. The van der Waals surface area contributed by atoms with Gasteiger partial charge in [-0.25, -0.2) is 4.79 Å². The number of carbonyl (C=O) groups excluding carboxylic acids is 1. The third kappa shape index (κ3) is 1.77. The highest BCUT2D eigenvalue weighted by Crippen LogP contribution is 2.38. The van der Waals surface area contributed by atoms with Crippen molar-refractivity contribution in [2.75, 3.05) is 13.7 Å². The van der Waals surface area contributed by atoms with Crippen molar-refractivity contribution >= 4 is 22.9 Å². The number of methoxy groups -OCH3 is 1. The predicted molar refractivity (Wildman–Crippen MR) is 59.4 cm³/mol. The van der Waals surface area contributed by atoms with Gasteiger partial charge in [-0.15, -0.1) is 11.3 Å². The second-order valence-electron chi connectivity index (χ2n) is 3.35. The van der Waals surface area contributed by atoms with Crippen LogP contribution in [0.1, 0.15) is 28.1 Å². The molecule has 0 N–H and O–H groups in total. The lowest BCUT2D eigenvalue weighted by molar-refractivity contribution is 0.0605. The zero-order chi connectivity index (χ0) is 10.8. The molecule has 0 bridgehead atoms. The van der Waals surface area contributed by atoms with Gasteiger partial charge >= 0.3 is 5.97 Å². The lowest BCUT2D eigenvalue weighted by Crippen LogP contribution is -2.01. The second kappa shape index (κ2) is 4.06. The maximum atomic E-state index is 11.5. The van der Waals surface area contributed by atoms with E-state index >= 15 is 0 Å². The molecule has 0 atom stereocenters. The highest BCUT2D eigenvalue weighted by Gasteiger charge is 2.23. The SMILES string of the molecule is C=C1CCCOc2csc(C(=O)OC)c21. The number of rotatable bonds is 1. The van der Waals surface area contributed by atoms with Gasteiger partial charge in [-0.2, -0.15) is 0 Å². The summed E-state index contributed by atoms with van der Waals surface area (Å²) in [5, 5.41) is 1.85. The molecular weight excluding hydrogens is 212 g/mol. The Balaban J connectivity index is 2.46. The Morgan fingerprint density at radius 2 is 2.47 bits per heavy atom. The average molecular weight is 224 g/mol. The maximum absolute atomic E-state index is 11.5. The predicted octanol–water partition coefficient (Wildman–Crippen LogP) is 2.72. The molecule has 0 aliphatic carbocycles. The molecule has 1 aromatic rings. The Morgan fingerprint density at radius 3 is 3.20 bits per heavy atom. The van der Waals surface area contributed by atoms with Crippen LogP contribution in [0.15, 0.2) is 12.0 Å². The van der Waals surface area contributed by atoms with Crippen LogP contribution in [0.2, 0.25) is 0 Å². The molecule has 1 aliphatic heterocycles. The number of hydrogen-bond donors (Lipinski definition) is 0. The minimum atomic E-state index is -0.312. The average Bonchev–Trinajstić information content (AvgIpc) is 2.58. The summed E-state index contributed by atoms with van der Waals surface area (Å²) < 4.78 is 10.3. The Labute approximate surface area is 92.3 Å². The summed E-state index contributed by atoms with van der Waals surface area (Å²) in [5.74, 6) is 0.454. The molecule has 2 rings (SSSR count). The van der Waals surface area contributed by atoms with E-state index in [2.05, 4.69) is 6.58 Å². The Kier molecular flexibility index (Phi) is 2.77. The fourth-order valence-corrected chi connectivity index (χ4v) is 2.57. The highest BCUT2D eigenvalue weighted by atomic mass is 32.1. The molecular formula is C11H12O3S. The molecule has 0 saturated carbocycles. The molecule has 0 aromatic carbocycles. The molecule has 80 valence electrons. The van der Waals surface area contributed by atoms with Crippen LogP contribution in [-0.4, -0.2) is 19.7 Å². The number of hydrogen-bond acceptors (Lipinski definition) is 4. The molecule has 3 nitrogen and oxygen atoms in total. The monoisotopic (exact) mass is 224 g/mol. The number of carbonyl (C=O) groups is 1. The molecule has 0 unspecified atom stereocenters. The van der Waals surface area contributed by atoms with Gasteiger partial charge < -0.3 is 9.47 Å². The van der Waals surface area contributed by atoms with Crippen LogP contribution in [0, 0.1) is 0 Å². The van der Waals surface area contributed by atoms with Crippen LogP contribution in [-0.2, 0) is 4.74 Å². The quantitative estimate of drug-likeness (QED) is 0.688. The van der Waals surface area contributed by atoms with Crippen LogP contribution in [0.4, 0.5) is 0 Å². The Bertz CT molecular complexity index is 406. The zero-order valence-corrected chi connectivity index (χ0v) is 9.36. The van der Waals surface area contributed by atoms with E-state index in [-0.39, 0.29) is 5.97 Å². The molecule has 0 amide bonds. The summed E-state index contributed by atoms with van der Waals surface area (Å²) >= 11 is 1.35. The van der Waals surface area contributed by atoms with Gasteiger partial charge in [0.15, 0.2) is 0 Å². The lowest BCUT2D eigenvalue weighted by Gasteiger charge is -2.04. The summed E-state index contributed by atoms with van der Waals surface area (Å²) in [7, 11) is 1.38.